The predicted octanol–water partition coefficient (Wildman–Crippen LogP) is 2.77. The van der Waals surface area contributed by atoms with E-state index in [-0.39, 0.29) is 0 Å². The van der Waals surface area contributed by atoms with E-state index < -0.39 is 6.10 Å². The number of hydrogen-bond donors (Lipinski definition) is 2. The predicted molar refractivity (Wildman–Crippen MR) is 84.2 cm³/mol. The van der Waals surface area contributed by atoms with Crippen molar-refractivity contribution >= 4 is 11.6 Å². The van der Waals surface area contributed by atoms with E-state index in [2.05, 4.69) is 22.2 Å². The maximum Gasteiger partial charge on any atom is 0.129 e. The van der Waals surface area contributed by atoms with Crippen molar-refractivity contribution in [2.45, 2.75) is 31.9 Å². The molecule has 0 bridgehead atoms. The van der Waals surface area contributed by atoms with E-state index in [1.165, 1.54) is 5.56 Å². The molecule has 2 atom stereocenters. The van der Waals surface area contributed by atoms with Gasteiger partial charge in [-0.05, 0) is 37.5 Å². The molecule has 2 aromatic heterocycles. The highest BCUT2D eigenvalue weighted by molar-refractivity contribution is 6.29. The van der Waals surface area contributed by atoms with Crippen LogP contribution in [-0.4, -0.2) is 27.7 Å². The van der Waals surface area contributed by atoms with Crippen molar-refractivity contribution in [2.75, 3.05) is 6.54 Å². The Bertz CT molecular complexity index is 533. The molecule has 4 nitrogen and oxygen atoms in total. The molecule has 2 heterocycles. The molecular weight excluding hydrogens is 286 g/mol. The first kappa shape index (κ1) is 15.9. The van der Waals surface area contributed by atoms with Crippen LogP contribution in [0.25, 0.3) is 0 Å². The molecule has 2 rings (SSSR count). The standard InChI is InChI=1S/C16H20ClN3O/c1-12(4-5-13-6-7-16(17)20-9-13)19-11-15(21)14-3-2-8-18-10-14/h2-3,6-10,12,15,19,21H,4-5,11H2,1H3. The fourth-order valence-corrected chi connectivity index (χ4v) is 2.16. The van der Waals surface area contributed by atoms with E-state index in [4.69, 9.17) is 11.6 Å². The van der Waals surface area contributed by atoms with E-state index in [1.807, 2.05) is 18.2 Å². The molecule has 0 saturated heterocycles. The van der Waals surface area contributed by atoms with Gasteiger partial charge in [0.25, 0.3) is 0 Å². The smallest absolute Gasteiger partial charge is 0.129 e. The minimum atomic E-state index is -0.529. The first-order valence-corrected chi connectivity index (χ1v) is 7.45. The second-order valence-electron chi connectivity index (χ2n) is 5.14. The van der Waals surface area contributed by atoms with Crippen LogP contribution in [0.5, 0.6) is 0 Å². The maximum absolute atomic E-state index is 10.1. The molecule has 2 unspecified atom stereocenters. The van der Waals surface area contributed by atoms with Crippen molar-refractivity contribution in [3.05, 3.63) is 59.1 Å². The third-order valence-electron chi connectivity index (χ3n) is 3.38. The van der Waals surface area contributed by atoms with E-state index >= 15 is 0 Å². The number of nitrogens with zero attached hydrogens (tertiary/aromatic N) is 2. The summed E-state index contributed by atoms with van der Waals surface area (Å²) in [6.45, 7) is 2.63. The molecular formula is C16H20ClN3O. The van der Waals surface area contributed by atoms with Gasteiger partial charge in [0.05, 0.1) is 6.10 Å². The summed E-state index contributed by atoms with van der Waals surface area (Å²) in [6, 6.07) is 7.82. The topological polar surface area (TPSA) is 58.0 Å². The highest BCUT2D eigenvalue weighted by atomic mass is 35.5. The molecule has 2 aromatic rings. The van der Waals surface area contributed by atoms with Crippen LogP contribution >= 0.6 is 11.6 Å². The van der Waals surface area contributed by atoms with Crippen LogP contribution in [0.4, 0.5) is 0 Å². The molecule has 0 aliphatic carbocycles. The van der Waals surface area contributed by atoms with Gasteiger partial charge in [0.2, 0.25) is 0 Å². The lowest BCUT2D eigenvalue weighted by Gasteiger charge is -2.17. The molecule has 0 aliphatic rings. The highest BCUT2D eigenvalue weighted by Gasteiger charge is 2.09. The Kier molecular flexibility index (Phi) is 6.11. The number of aliphatic hydroxyl groups is 1. The van der Waals surface area contributed by atoms with Gasteiger partial charge in [-0.15, -0.1) is 0 Å². The lowest BCUT2D eigenvalue weighted by atomic mass is 10.1. The molecule has 0 saturated carbocycles. The number of hydrogen-bond acceptors (Lipinski definition) is 4. The minimum absolute atomic E-state index is 0.312. The summed E-state index contributed by atoms with van der Waals surface area (Å²) in [5.41, 5.74) is 2.00. The van der Waals surface area contributed by atoms with E-state index in [9.17, 15) is 5.11 Å². The second-order valence-corrected chi connectivity index (χ2v) is 5.53. The van der Waals surface area contributed by atoms with Crippen molar-refractivity contribution in [1.82, 2.24) is 15.3 Å². The van der Waals surface area contributed by atoms with E-state index in [1.54, 1.807) is 24.7 Å². The Balaban J connectivity index is 1.72. The van der Waals surface area contributed by atoms with Crippen molar-refractivity contribution in [2.24, 2.45) is 0 Å². The average molecular weight is 306 g/mol. The molecule has 0 aliphatic heterocycles. The van der Waals surface area contributed by atoms with Crippen LogP contribution in [0.1, 0.15) is 30.6 Å². The zero-order valence-electron chi connectivity index (χ0n) is 12.0. The number of pyridine rings is 2. The SMILES string of the molecule is CC(CCc1ccc(Cl)nc1)NCC(O)c1cccnc1. The van der Waals surface area contributed by atoms with Gasteiger partial charge in [0.15, 0.2) is 0 Å². The largest absolute Gasteiger partial charge is 0.387 e. The van der Waals surface area contributed by atoms with Crippen molar-refractivity contribution < 1.29 is 5.11 Å². The van der Waals surface area contributed by atoms with Gasteiger partial charge in [-0.1, -0.05) is 23.7 Å². The van der Waals surface area contributed by atoms with Crippen LogP contribution in [0, 0.1) is 0 Å². The summed E-state index contributed by atoms with van der Waals surface area (Å²) in [5, 5.41) is 13.9. The third kappa shape index (κ3) is 5.42. The summed E-state index contributed by atoms with van der Waals surface area (Å²) in [6.07, 6.45) is 6.57. The molecule has 0 amide bonds. The van der Waals surface area contributed by atoms with Gasteiger partial charge in [0, 0.05) is 36.7 Å². The average Bonchev–Trinajstić information content (AvgIpc) is 2.53. The van der Waals surface area contributed by atoms with Crippen molar-refractivity contribution in [3.63, 3.8) is 0 Å². The first-order valence-electron chi connectivity index (χ1n) is 7.07. The van der Waals surface area contributed by atoms with Gasteiger partial charge in [-0.25, -0.2) is 4.98 Å². The monoisotopic (exact) mass is 305 g/mol. The molecule has 0 fully saturated rings. The first-order chi connectivity index (χ1) is 10.1. The summed E-state index contributed by atoms with van der Waals surface area (Å²) in [5.74, 6) is 0. The molecule has 0 radical (unpaired) electrons. The molecule has 2 N–H and O–H groups in total. The highest BCUT2D eigenvalue weighted by Crippen LogP contribution is 2.11. The quantitative estimate of drug-likeness (QED) is 0.772. The Morgan fingerprint density at radius 3 is 2.81 bits per heavy atom. The normalized spacial score (nSPS) is 13.9. The van der Waals surface area contributed by atoms with Gasteiger partial charge in [0.1, 0.15) is 5.15 Å². The lowest BCUT2D eigenvalue weighted by Crippen LogP contribution is -2.30. The van der Waals surface area contributed by atoms with Crippen molar-refractivity contribution in [3.8, 4) is 0 Å². The Labute approximate surface area is 130 Å². The number of halogens is 1. The lowest BCUT2D eigenvalue weighted by molar-refractivity contribution is 0.169. The van der Waals surface area contributed by atoms with E-state index in [0.717, 1.165) is 18.4 Å². The van der Waals surface area contributed by atoms with Crippen LogP contribution in [-0.2, 0) is 6.42 Å². The van der Waals surface area contributed by atoms with E-state index in [0.29, 0.717) is 17.7 Å². The summed E-state index contributed by atoms with van der Waals surface area (Å²) < 4.78 is 0. The van der Waals surface area contributed by atoms with Crippen LogP contribution in [0.15, 0.2) is 42.9 Å². The van der Waals surface area contributed by atoms with Gasteiger partial charge >= 0.3 is 0 Å². The fraction of sp³-hybridized carbons (Fsp3) is 0.375. The summed E-state index contributed by atoms with van der Waals surface area (Å²) in [4.78, 5) is 8.08. The number of rotatable bonds is 7. The van der Waals surface area contributed by atoms with Crippen LogP contribution in [0.2, 0.25) is 5.15 Å². The second kappa shape index (κ2) is 8.08. The molecule has 0 aromatic carbocycles. The summed E-state index contributed by atoms with van der Waals surface area (Å²) >= 11 is 5.76. The molecule has 21 heavy (non-hydrogen) atoms. The van der Waals surface area contributed by atoms with Crippen molar-refractivity contribution in [1.29, 1.82) is 0 Å². The Morgan fingerprint density at radius 1 is 1.29 bits per heavy atom. The number of aryl methyl sites for hydroxylation is 1. The molecule has 112 valence electrons. The van der Waals surface area contributed by atoms with Gasteiger partial charge < -0.3 is 10.4 Å². The molecule has 5 heteroatoms. The molecule has 0 spiro atoms. The number of aromatic nitrogens is 2. The number of aliphatic hydroxyl groups excluding tert-OH is 1. The Morgan fingerprint density at radius 2 is 2.14 bits per heavy atom. The third-order valence-corrected chi connectivity index (χ3v) is 3.61. The zero-order chi connectivity index (χ0) is 15.1. The minimum Gasteiger partial charge on any atom is -0.387 e. The fourth-order valence-electron chi connectivity index (χ4n) is 2.04. The Hall–Kier alpha value is -1.49. The van der Waals surface area contributed by atoms with Crippen LogP contribution < -0.4 is 5.32 Å². The number of nitrogens with one attached hydrogen (secondary N) is 1. The van der Waals surface area contributed by atoms with Gasteiger partial charge in [-0.3, -0.25) is 4.98 Å². The van der Waals surface area contributed by atoms with Crippen LogP contribution in [0.3, 0.4) is 0 Å². The summed E-state index contributed by atoms with van der Waals surface area (Å²) in [7, 11) is 0. The van der Waals surface area contributed by atoms with Gasteiger partial charge in [-0.2, -0.15) is 0 Å². The zero-order valence-corrected chi connectivity index (χ0v) is 12.8. The maximum atomic E-state index is 10.1.